The molecule has 0 radical (unpaired) electrons. The minimum absolute atomic E-state index is 0.120. The second kappa shape index (κ2) is 6.71. The molecule has 0 aliphatic carbocycles. The van der Waals surface area contributed by atoms with Crippen molar-refractivity contribution in [2.24, 2.45) is 0 Å². The summed E-state index contributed by atoms with van der Waals surface area (Å²) < 4.78 is 5.66. The fraction of sp³-hybridized carbons (Fsp3) is 0.286. The largest absolute Gasteiger partial charge is 0.494 e. The summed E-state index contributed by atoms with van der Waals surface area (Å²) in [5, 5.41) is 3.20. The van der Waals surface area contributed by atoms with E-state index < -0.39 is 0 Å². The third kappa shape index (κ3) is 3.53. The van der Waals surface area contributed by atoms with Gasteiger partial charge >= 0.3 is 0 Å². The number of nitrogens with zero attached hydrogens (tertiary/aromatic N) is 2. The number of hydrogen-bond donors (Lipinski definition) is 1. The molecule has 94 valence electrons. The van der Waals surface area contributed by atoms with Crippen molar-refractivity contribution in [2.45, 2.75) is 12.5 Å². The minimum Gasteiger partial charge on any atom is -0.494 e. The highest BCUT2D eigenvalue weighted by molar-refractivity contribution is 5.20. The molecule has 0 fully saturated rings. The average Bonchev–Trinajstić information content (AvgIpc) is 2.46. The predicted octanol–water partition coefficient (Wildman–Crippen LogP) is 2.21. The van der Waals surface area contributed by atoms with Crippen LogP contribution in [0.5, 0.6) is 5.75 Å². The quantitative estimate of drug-likeness (QED) is 0.845. The first-order valence-corrected chi connectivity index (χ1v) is 6.02. The summed E-state index contributed by atoms with van der Waals surface area (Å²) in [5.74, 6) is 1.69. The monoisotopic (exact) mass is 243 g/mol. The van der Waals surface area contributed by atoms with E-state index in [2.05, 4.69) is 15.3 Å². The van der Waals surface area contributed by atoms with Crippen LogP contribution in [0.4, 0.5) is 0 Å². The number of hydrogen-bond acceptors (Lipinski definition) is 4. The van der Waals surface area contributed by atoms with Crippen LogP contribution in [0.1, 0.15) is 18.3 Å². The lowest BCUT2D eigenvalue weighted by Gasteiger charge is -2.14. The molecule has 1 aromatic carbocycles. The highest BCUT2D eigenvalue weighted by Gasteiger charge is 2.11. The maximum atomic E-state index is 5.66. The van der Waals surface area contributed by atoms with Gasteiger partial charge in [-0.25, -0.2) is 9.97 Å². The Kier molecular flexibility index (Phi) is 4.67. The average molecular weight is 243 g/mol. The molecule has 1 N–H and O–H groups in total. The molecule has 4 heteroatoms. The third-order valence-corrected chi connectivity index (χ3v) is 2.66. The maximum absolute atomic E-state index is 5.66. The van der Waals surface area contributed by atoms with Crippen molar-refractivity contribution in [1.29, 1.82) is 0 Å². The van der Waals surface area contributed by atoms with E-state index in [0.29, 0.717) is 6.61 Å². The summed E-state index contributed by atoms with van der Waals surface area (Å²) in [5.41, 5.74) is 0. The molecule has 0 aliphatic heterocycles. The van der Waals surface area contributed by atoms with Gasteiger partial charge in [0.05, 0.1) is 12.6 Å². The molecule has 0 spiro atoms. The number of benzene rings is 1. The van der Waals surface area contributed by atoms with Crippen molar-refractivity contribution >= 4 is 0 Å². The van der Waals surface area contributed by atoms with Gasteiger partial charge < -0.3 is 10.1 Å². The van der Waals surface area contributed by atoms with Crippen LogP contribution >= 0.6 is 0 Å². The molecule has 1 heterocycles. The van der Waals surface area contributed by atoms with Gasteiger partial charge in [-0.3, -0.25) is 0 Å². The van der Waals surface area contributed by atoms with Crippen molar-refractivity contribution in [3.8, 4) is 5.75 Å². The molecule has 1 aromatic heterocycles. The Hall–Kier alpha value is -1.94. The van der Waals surface area contributed by atoms with Crippen LogP contribution in [0.15, 0.2) is 48.8 Å². The molecule has 1 atom stereocenters. The van der Waals surface area contributed by atoms with Crippen molar-refractivity contribution < 1.29 is 4.74 Å². The SMILES string of the molecule is CNC(CCOc1ccccc1)c1ncccn1. The number of aromatic nitrogens is 2. The topological polar surface area (TPSA) is 47.0 Å². The Morgan fingerprint density at radius 2 is 1.83 bits per heavy atom. The Morgan fingerprint density at radius 3 is 2.50 bits per heavy atom. The third-order valence-electron chi connectivity index (χ3n) is 2.66. The van der Waals surface area contributed by atoms with Crippen LogP contribution in [0.25, 0.3) is 0 Å². The van der Waals surface area contributed by atoms with E-state index in [1.165, 1.54) is 0 Å². The first kappa shape index (κ1) is 12.5. The molecule has 0 saturated heterocycles. The van der Waals surface area contributed by atoms with Crippen molar-refractivity contribution in [3.05, 3.63) is 54.6 Å². The number of nitrogens with one attached hydrogen (secondary N) is 1. The van der Waals surface area contributed by atoms with E-state index in [1.807, 2.05) is 43.4 Å². The zero-order valence-electron chi connectivity index (χ0n) is 10.4. The molecular formula is C14H17N3O. The lowest BCUT2D eigenvalue weighted by atomic mass is 10.2. The molecular weight excluding hydrogens is 226 g/mol. The summed E-state index contributed by atoms with van der Waals surface area (Å²) in [6.07, 6.45) is 4.34. The van der Waals surface area contributed by atoms with Crippen molar-refractivity contribution in [3.63, 3.8) is 0 Å². The van der Waals surface area contributed by atoms with E-state index in [0.717, 1.165) is 18.0 Å². The number of para-hydroxylation sites is 1. The van der Waals surface area contributed by atoms with E-state index in [1.54, 1.807) is 12.4 Å². The zero-order chi connectivity index (χ0) is 12.6. The Morgan fingerprint density at radius 1 is 1.11 bits per heavy atom. The van der Waals surface area contributed by atoms with E-state index in [4.69, 9.17) is 4.74 Å². The first-order valence-electron chi connectivity index (χ1n) is 6.02. The lowest BCUT2D eigenvalue weighted by molar-refractivity contribution is 0.287. The summed E-state index contributed by atoms with van der Waals surface area (Å²) in [4.78, 5) is 8.49. The van der Waals surface area contributed by atoms with E-state index in [-0.39, 0.29) is 6.04 Å². The minimum atomic E-state index is 0.120. The van der Waals surface area contributed by atoms with Crippen LogP contribution in [-0.2, 0) is 0 Å². The molecule has 1 unspecified atom stereocenters. The van der Waals surface area contributed by atoms with Gasteiger partial charge in [0.1, 0.15) is 11.6 Å². The summed E-state index contributed by atoms with van der Waals surface area (Å²) in [7, 11) is 1.91. The Bertz CT molecular complexity index is 447. The molecule has 4 nitrogen and oxygen atoms in total. The van der Waals surface area contributed by atoms with Crippen molar-refractivity contribution in [1.82, 2.24) is 15.3 Å². The summed E-state index contributed by atoms with van der Waals surface area (Å²) in [6, 6.07) is 11.7. The second-order valence-electron chi connectivity index (χ2n) is 3.90. The van der Waals surface area contributed by atoms with Gasteiger partial charge in [-0.05, 0) is 25.2 Å². The van der Waals surface area contributed by atoms with Crippen molar-refractivity contribution in [2.75, 3.05) is 13.7 Å². The fourth-order valence-corrected chi connectivity index (χ4v) is 1.70. The first-order chi connectivity index (χ1) is 8.90. The lowest BCUT2D eigenvalue weighted by Crippen LogP contribution is -2.21. The molecule has 2 rings (SSSR count). The molecule has 2 aromatic rings. The van der Waals surface area contributed by atoms with Crippen LogP contribution in [0, 0.1) is 0 Å². The molecule has 0 amide bonds. The fourth-order valence-electron chi connectivity index (χ4n) is 1.70. The molecule has 0 saturated carbocycles. The van der Waals surface area contributed by atoms with Crippen LogP contribution in [0.3, 0.4) is 0 Å². The smallest absolute Gasteiger partial charge is 0.145 e. The van der Waals surface area contributed by atoms with Gasteiger partial charge in [0.15, 0.2) is 0 Å². The standard InChI is InChI=1S/C14H17N3O/c1-15-13(14-16-9-5-10-17-14)8-11-18-12-6-3-2-4-7-12/h2-7,9-10,13,15H,8,11H2,1H3. The second-order valence-corrected chi connectivity index (χ2v) is 3.90. The maximum Gasteiger partial charge on any atom is 0.145 e. The highest BCUT2D eigenvalue weighted by Crippen LogP contribution is 2.13. The van der Waals surface area contributed by atoms with Crippen LogP contribution in [-0.4, -0.2) is 23.6 Å². The van der Waals surface area contributed by atoms with Crippen LogP contribution in [0.2, 0.25) is 0 Å². The molecule has 0 bridgehead atoms. The predicted molar refractivity (Wildman–Crippen MR) is 70.4 cm³/mol. The van der Waals surface area contributed by atoms with Gasteiger partial charge in [-0.1, -0.05) is 18.2 Å². The van der Waals surface area contributed by atoms with Gasteiger partial charge in [-0.2, -0.15) is 0 Å². The summed E-state index contributed by atoms with van der Waals surface area (Å²) >= 11 is 0. The van der Waals surface area contributed by atoms with Gasteiger partial charge in [-0.15, -0.1) is 0 Å². The van der Waals surface area contributed by atoms with Gasteiger partial charge in [0.2, 0.25) is 0 Å². The molecule has 0 aliphatic rings. The van der Waals surface area contributed by atoms with Gasteiger partial charge in [0, 0.05) is 18.8 Å². The van der Waals surface area contributed by atoms with Gasteiger partial charge in [0.25, 0.3) is 0 Å². The normalized spacial score (nSPS) is 12.1. The highest BCUT2D eigenvalue weighted by atomic mass is 16.5. The van der Waals surface area contributed by atoms with Crippen LogP contribution < -0.4 is 10.1 Å². The summed E-state index contributed by atoms with van der Waals surface area (Å²) in [6.45, 7) is 0.633. The van der Waals surface area contributed by atoms with E-state index >= 15 is 0 Å². The zero-order valence-corrected chi connectivity index (χ0v) is 10.4. The number of ether oxygens (including phenoxy) is 1. The Balaban J connectivity index is 1.85. The number of rotatable bonds is 6. The molecule has 18 heavy (non-hydrogen) atoms. The Labute approximate surface area is 107 Å². The van der Waals surface area contributed by atoms with E-state index in [9.17, 15) is 0 Å².